The van der Waals surface area contributed by atoms with Gasteiger partial charge >= 0.3 is 0 Å². The number of methoxy groups -OCH3 is 2. The van der Waals surface area contributed by atoms with Crippen molar-refractivity contribution in [3.05, 3.63) is 30.1 Å². The number of aromatic nitrogens is 1. The van der Waals surface area contributed by atoms with Gasteiger partial charge in [0.05, 0.1) is 14.2 Å². The highest BCUT2D eigenvalue weighted by atomic mass is 16.5. The number of nitrogens with zero attached hydrogens (tertiary/aromatic N) is 1. The second-order valence-electron chi connectivity index (χ2n) is 5.73. The van der Waals surface area contributed by atoms with E-state index in [4.69, 9.17) is 15.2 Å². The van der Waals surface area contributed by atoms with Crippen LogP contribution < -0.4 is 15.2 Å². The molecule has 4 nitrogen and oxygen atoms in total. The SMILES string of the molecule is COc1cc(OC)c2ccnc(CC(C)(C)CN)c2c1. The highest BCUT2D eigenvalue weighted by Gasteiger charge is 2.19. The summed E-state index contributed by atoms with van der Waals surface area (Å²) in [6, 6.07) is 5.86. The first kappa shape index (κ1) is 14.6. The third-order valence-electron chi connectivity index (χ3n) is 3.55. The summed E-state index contributed by atoms with van der Waals surface area (Å²) in [5, 5.41) is 2.11. The van der Waals surface area contributed by atoms with E-state index in [0.29, 0.717) is 6.54 Å². The molecular formula is C16H22N2O2. The third kappa shape index (κ3) is 2.85. The zero-order valence-electron chi connectivity index (χ0n) is 12.6. The molecule has 0 saturated heterocycles. The molecule has 1 aromatic heterocycles. The summed E-state index contributed by atoms with van der Waals surface area (Å²) in [7, 11) is 3.32. The summed E-state index contributed by atoms with van der Waals surface area (Å²) < 4.78 is 10.8. The molecule has 2 N–H and O–H groups in total. The van der Waals surface area contributed by atoms with Crippen LogP contribution in [0.4, 0.5) is 0 Å². The van der Waals surface area contributed by atoms with Crippen LogP contribution in [0.5, 0.6) is 11.5 Å². The lowest BCUT2D eigenvalue weighted by Gasteiger charge is -2.22. The fourth-order valence-corrected chi connectivity index (χ4v) is 2.24. The fourth-order valence-electron chi connectivity index (χ4n) is 2.24. The first-order valence-corrected chi connectivity index (χ1v) is 6.70. The lowest BCUT2D eigenvalue weighted by Crippen LogP contribution is -2.26. The lowest BCUT2D eigenvalue weighted by atomic mass is 9.86. The van der Waals surface area contributed by atoms with Gasteiger partial charge in [0.15, 0.2) is 0 Å². The normalized spacial score (nSPS) is 11.7. The van der Waals surface area contributed by atoms with E-state index < -0.39 is 0 Å². The van der Waals surface area contributed by atoms with Crippen LogP contribution in [0.3, 0.4) is 0 Å². The van der Waals surface area contributed by atoms with Crippen LogP contribution in [0.2, 0.25) is 0 Å². The molecule has 0 aliphatic rings. The van der Waals surface area contributed by atoms with Crippen molar-refractivity contribution in [2.75, 3.05) is 20.8 Å². The van der Waals surface area contributed by atoms with E-state index in [9.17, 15) is 0 Å². The van der Waals surface area contributed by atoms with Gasteiger partial charge in [-0.1, -0.05) is 13.8 Å². The Hall–Kier alpha value is -1.81. The van der Waals surface area contributed by atoms with Gasteiger partial charge in [-0.15, -0.1) is 0 Å². The minimum atomic E-state index is 0.0115. The molecule has 4 heteroatoms. The minimum absolute atomic E-state index is 0.0115. The highest BCUT2D eigenvalue weighted by molar-refractivity contribution is 5.91. The largest absolute Gasteiger partial charge is 0.497 e. The van der Waals surface area contributed by atoms with Gasteiger partial charge in [-0.25, -0.2) is 0 Å². The maximum absolute atomic E-state index is 5.83. The molecule has 2 aromatic rings. The summed E-state index contributed by atoms with van der Waals surface area (Å²) in [5.41, 5.74) is 6.87. The summed E-state index contributed by atoms with van der Waals surface area (Å²) in [4.78, 5) is 4.52. The second kappa shape index (κ2) is 5.67. The Bertz CT molecular complexity index is 609. The maximum Gasteiger partial charge on any atom is 0.130 e. The molecule has 0 aliphatic carbocycles. The topological polar surface area (TPSA) is 57.4 Å². The van der Waals surface area contributed by atoms with Crippen LogP contribution >= 0.6 is 0 Å². The highest BCUT2D eigenvalue weighted by Crippen LogP contribution is 2.34. The van der Waals surface area contributed by atoms with Gasteiger partial charge in [-0.05, 0) is 30.5 Å². The van der Waals surface area contributed by atoms with Crippen LogP contribution in [0, 0.1) is 5.41 Å². The lowest BCUT2D eigenvalue weighted by molar-refractivity contribution is 0.373. The molecule has 0 unspecified atom stereocenters. The van der Waals surface area contributed by atoms with E-state index >= 15 is 0 Å². The zero-order valence-corrected chi connectivity index (χ0v) is 12.6. The summed E-state index contributed by atoms with van der Waals surface area (Å²) in [6.45, 7) is 4.90. The molecule has 20 heavy (non-hydrogen) atoms. The van der Waals surface area contributed by atoms with Crippen LogP contribution in [-0.2, 0) is 6.42 Å². The quantitative estimate of drug-likeness (QED) is 0.911. The van der Waals surface area contributed by atoms with E-state index in [1.54, 1.807) is 14.2 Å². The molecule has 0 fully saturated rings. The number of ether oxygens (including phenoxy) is 2. The van der Waals surface area contributed by atoms with Crippen molar-refractivity contribution < 1.29 is 9.47 Å². The van der Waals surface area contributed by atoms with Gasteiger partial charge in [0.25, 0.3) is 0 Å². The fraction of sp³-hybridized carbons (Fsp3) is 0.438. The summed E-state index contributed by atoms with van der Waals surface area (Å²) in [6.07, 6.45) is 2.64. The number of hydrogen-bond donors (Lipinski definition) is 1. The average Bonchev–Trinajstić information content (AvgIpc) is 2.46. The molecule has 1 aromatic carbocycles. The van der Waals surface area contributed by atoms with Gasteiger partial charge in [0.2, 0.25) is 0 Å². The molecule has 0 bridgehead atoms. The third-order valence-corrected chi connectivity index (χ3v) is 3.55. The standard InChI is InChI=1S/C16H22N2O2/c1-16(2,10-17)9-14-13-7-11(19-3)8-15(20-4)12(13)5-6-18-14/h5-8H,9-10,17H2,1-4H3. The van der Waals surface area contributed by atoms with Crippen molar-refractivity contribution in [3.8, 4) is 11.5 Å². The van der Waals surface area contributed by atoms with Crippen molar-refractivity contribution in [2.24, 2.45) is 11.1 Å². The van der Waals surface area contributed by atoms with E-state index in [2.05, 4.69) is 18.8 Å². The Morgan fingerprint density at radius 2 is 1.90 bits per heavy atom. The second-order valence-corrected chi connectivity index (χ2v) is 5.73. The molecule has 0 saturated carbocycles. The van der Waals surface area contributed by atoms with E-state index in [1.165, 1.54) is 0 Å². The van der Waals surface area contributed by atoms with Gasteiger partial charge in [-0.2, -0.15) is 0 Å². The molecule has 1 heterocycles. The molecule has 0 spiro atoms. The number of hydrogen-bond acceptors (Lipinski definition) is 4. The number of pyridine rings is 1. The van der Waals surface area contributed by atoms with Crippen LogP contribution in [0.1, 0.15) is 19.5 Å². The zero-order chi connectivity index (χ0) is 14.8. The van der Waals surface area contributed by atoms with Gasteiger partial charge < -0.3 is 15.2 Å². The van der Waals surface area contributed by atoms with Crippen molar-refractivity contribution in [3.63, 3.8) is 0 Å². The van der Waals surface area contributed by atoms with E-state index in [1.807, 2.05) is 24.4 Å². The Morgan fingerprint density at radius 1 is 1.15 bits per heavy atom. The monoisotopic (exact) mass is 274 g/mol. The van der Waals surface area contributed by atoms with Gasteiger partial charge in [0, 0.05) is 28.7 Å². The Labute approximate surface area is 119 Å². The Morgan fingerprint density at radius 3 is 2.50 bits per heavy atom. The predicted octanol–water partition coefficient (Wildman–Crippen LogP) is 2.78. The van der Waals surface area contributed by atoms with Crippen molar-refractivity contribution >= 4 is 10.8 Å². The molecule has 0 amide bonds. The van der Waals surface area contributed by atoms with Crippen molar-refractivity contribution in [2.45, 2.75) is 20.3 Å². The molecule has 0 radical (unpaired) electrons. The molecule has 108 valence electrons. The number of nitrogens with two attached hydrogens (primary N) is 1. The summed E-state index contributed by atoms with van der Waals surface area (Å²) >= 11 is 0. The first-order chi connectivity index (χ1) is 9.50. The van der Waals surface area contributed by atoms with Crippen molar-refractivity contribution in [1.29, 1.82) is 0 Å². The predicted molar refractivity (Wildman–Crippen MR) is 81.4 cm³/mol. The average molecular weight is 274 g/mol. The maximum atomic E-state index is 5.83. The Balaban J connectivity index is 2.61. The number of fused-ring (bicyclic) bond motifs is 1. The van der Waals surface area contributed by atoms with Gasteiger partial charge in [-0.3, -0.25) is 4.98 Å². The smallest absolute Gasteiger partial charge is 0.130 e. The van der Waals surface area contributed by atoms with E-state index in [0.717, 1.165) is 34.4 Å². The number of rotatable bonds is 5. The molecule has 2 rings (SSSR count). The first-order valence-electron chi connectivity index (χ1n) is 6.70. The molecule has 0 aliphatic heterocycles. The van der Waals surface area contributed by atoms with Crippen LogP contribution in [0.15, 0.2) is 24.4 Å². The summed E-state index contributed by atoms with van der Waals surface area (Å²) in [5.74, 6) is 1.57. The van der Waals surface area contributed by atoms with Crippen LogP contribution in [0.25, 0.3) is 10.8 Å². The molecular weight excluding hydrogens is 252 g/mol. The molecule has 0 atom stereocenters. The number of benzene rings is 1. The van der Waals surface area contributed by atoms with Gasteiger partial charge in [0.1, 0.15) is 11.5 Å². The van der Waals surface area contributed by atoms with Crippen molar-refractivity contribution in [1.82, 2.24) is 4.98 Å². The minimum Gasteiger partial charge on any atom is -0.497 e. The Kier molecular flexibility index (Phi) is 4.14. The van der Waals surface area contributed by atoms with E-state index in [-0.39, 0.29) is 5.41 Å². The van der Waals surface area contributed by atoms with Crippen LogP contribution in [-0.4, -0.2) is 25.7 Å².